The molecule has 0 fully saturated rings. The minimum atomic E-state index is -0.307. The second-order valence-electron chi connectivity index (χ2n) is 7.38. The van der Waals surface area contributed by atoms with Gasteiger partial charge in [-0.1, -0.05) is 30.3 Å². The van der Waals surface area contributed by atoms with E-state index < -0.39 is 0 Å². The molecule has 0 aliphatic rings. The number of rotatable bonds is 9. The van der Waals surface area contributed by atoms with Crippen LogP contribution in [0.5, 0.6) is 0 Å². The van der Waals surface area contributed by atoms with Crippen molar-refractivity contribution in [2.45, 2.75) is 39.2 Å². The van der Waals surface area contributed by atoms with Crippen molar-refractivity contribution >= 4 is 5.91 Å². The average molecular weight is 433 g/mol. The Bertz CT molecular complexity index is 1170. The zero-order valence-corrected chi connectivity index (χ0v) is 17.8. The number of para-hydroxylation sites is 1. The van der Waals surface area contributed by atoms with Crippen LogP contribution in [0.2, 0.25) is 0 Å². The summed E-state index contributed by atoms with van der Waals surface area (Å²) < 4.78 is 20.3. The molecule has 1 amide bonds. The number of halogens is 1. The van der Waals surface area contributed by atoms with Gasteiger partial charge in [0.1, 0.15) is 5.82 Å². The molecule has 2 heterocycles. The molecule has 0 aliphatic heterocycles. The SMILES string of the molecule is CCc1noc(CCCC(=O)NCc2cn(-c3ccccc3)nc2-c2ccc(F)cc2)n1. The van der Waals surface area contributed by atoms with Crippen molar-refractivity contribution in [2.75, 3.05) is 0 Å². The van der Waals surface area contributed by atoms with Crippen LogP contribution in [-0.2, 0) is 24.2 Å². The number of carbonyl (C=O) groups excluding carboxylic acids is 1. The van der Waals surface area contributed by atoms with Crippen molar-refractivity contribution in [3.63, 3.8) is 0 Å². The van der Waals surface area contributed by atoms with Crippen molar-refractivity contribution in [3.05, 3.63) is 83.9 Å². The van der Waals surface area contributed by atoms with Crippen LogP contribution in [0.15, 0.2) is 65.3 Å². The van der Waals surface area contributed by atoms with Gasteiger partial charge in [-0.25, -0.2) is 9.07 Å². The second kappa shape index (κ2) is 10.00. The molecule has 4 aromatic rings. The van der Waals surface area contributed by atoms with Gasteiger partial charge in [0.2, 0.25) is 11.8 Å². The summed E-state index contributed by atoms with van der Waals surface area (Å²) in [6.45, 7) is 2.28. The van der Waals surface area contributed by atoms with Crippen molar-refractivity contribution in [1.29, 1.82) is 0 Å². The number of benzene rings is 2. The molecule has 0 saturated carbocycles. The number of nitrogens with zero attached hydrogens (tertiary/aromatic N) is 4. The molecule has 0 saturated heterocycles. The third-order valence-corrected chi connectivity index (χ3v) is 5.03. The molecule has 0 atom stereocenters. The van der Waals surface area contributed by atoms with Crippen LogP contribution < -0.4 is 5.32 Å². The Balaban J connectivity index is 1.42. The maximum absolute atomic E-state index is 13.4. The predicted molar refractivity (Wildman–Crippen MR) is 117 cm³/mol. The first-order valence-corrected chi connectivity index (χ1v) is 10.6. The smallest absolute Gasteiger partial charge is 0.226 e. The van der Waals surface area contributed by atoms with E-state index in [0.717, 1.165) is 23.2 Å². The third kappa shape index (κ3) is 5.26. The molecule has 8 heteroatoms. The summed E-state index contributed by atoms with van der Waals surface area (Å²) in [6.07, 6.45) is 4.14. The Morgan fingerprint density at radius 1 is 1.12 bits per heavy atom. The number of amides is 1. The molecule has 0 spiro atoms. The molecule has 7 nitrogen and oxygen atoms in total. The normalized spacial score (nSPS) is 10.9. The van der Waals surface area contributed by atoms with Crippen LogP contribution in [0.25, 0.3) is 16.9 Å². The summed E-state index contributed by atoms with van der Waals surface area (Å²) in [4.78, 5) is 16.6. The van der Waals surface area contributed by atoms with Crippen molar-refractivity contribution in [2.24, 2.45) is 0 Å². The van der Waals surface area contributed by atoms with Crippen LogP contribution in [0.3, 0.4) is 0 Å². The molecule has 0 radical (unpaired) electrons. The van der Waals surface area contributed by atoms with E-state index in [1.165, 1.54) is 12.1 Å². The van der Waals surface area contributed by atoms with Crippen molar-refractivity contribution in [3.8, 4) is 16.9 Å². The highest BCUT2D eigenvalue weighted by Gasteiger charge is 2.14. The molecule has 0 bridgehead atoms. The number of hydrogen-bond donors (Lipinski definition) is 1. The molecule has 1 N–H and O–H groups in total. The molecule has 0 aliphatic carbocycles. The highest BCUT2D eigenvalue weighted by atomic mass is 19.1. The number of aromatic nitrogens is 4. The number of nitrogens with one attached hydrogen (secondary N) is 1. The lowest BCUT2D eigenvalue weighted by Crippen LogP contribution is -2.22. The molecular weight excluding hydrogens is 409 g/mol. The highest BCUT2D eigenvalue weighted by molar-refractivity contribution is 5.76. The quantitative estimate of drug-likeness (QED) is 0.426. The maximum atomic E-state index is 13.4. The van der Waals surface area contributed by atoms with Gasteiger partial charge in [-0.3, -0.25) is 4.79 Å². The lowest BCUT2D eigenvalue weighted by Gasteiger charge is -2.05. The topological polar surface area (TPSA) is 85.8 Å². The van der Waals surface area contributed by atoms with E-state index in [1.54, 1.807) is 16.8 Å². The van der Waals surface area contributed by atoms with Gasteiger partial charge in [0.25, 0.3) is 0 Å². The molecular formula is C24H24FN5O2. The maximum Gasteiger partial charge on any atom is 0.226 e. The summed E-state index contributed by atoms with van der Waals surface area (Å²) in [5.41, 5.74) is 3.23. The van der Waals surface area contributed by atoms with Gasteiger partial charge in [0.05, 0.1) is 11.4 Å². The van der Waals surface area contributed by atoms with Crippen LogP contribution in [0.4, 0.5) is 4.39 Å². The Morgan fingerprint density at radius 3 is 2.62 bits per heavy atom. The Labute approximate surface area is 185 Å². The third-order valence-electron chi connectivity index (χ3n) is 5.03. The van der Waals surface area contributed by atoms with Crippen molar-refractivity contribution in [1.82, 2.24) is 25.2 Å². The van der Waals surface area contributed by atoms with Gasteiger partial charge in [-0.2, -0.15) is 10.1 Å². The van der Waals surface area contributed by atoms with Crippen molar-refractivity contribution < 1.29 is 13.7 Å². The summed E-state index contributed by atoms with van der Waals surface area (Å²) >= 11 is 0. The fraction of sp³-hybridized carbons (Fsp3) is 0.250. The zero-order chi connectivity index (χ0) is 22.3. The minimum Gasteiger partial charge on any atom is -0.352 e. The molecule has 32 heavy (non-hydrogen) atoms. The summed E-state index contributed by atoms with van der Waals surface area (Å²) in [6, 6.07) is 15.9. The van der Waals surface area contributed by atoms with Gasteiger partial charge in [-0.05, 0) is 42.8 Å². The van der Waals surface area contributed by atoms with Gasteiger partial charge in [-0.15, -0.1) is 0 Å². The Hall–Kier alpha value is -3.81. The van der Waals surface area contributed by atoms with Crippen LogP contribution in [0, 0.1) is 5.82 Å². The van der Waals surface area contributed by atoms with Gasteiger partial charge in [0, 0.05) is 43.1 Å². The largest absolute Gasteiger partial charge is 0.352 e. The molecule has 164 valence electrons. The summed E-state index contributed by atoms with van der Waals surface area (Å²) in [5, 5.41) is 11.5. The van der Waals surface area contributed by atoms with E-state index in [0.29, 0.717) is 43.2 Å². The fourth-order valence-corrected chi connectivity index (χ4v) is 3.32. The molecule has 2 aromatic carbocycles. The van der Waals surface area contributed by atoms with E-state index in [2.05, 4.69) is 20.6 Å². The minimum absolute atomic E-state index is 0.0715. The molecule has 4 rings (SSSR count). The second-order valence-corrected chi connectivity index (χ2v) is 7.38. The van der Waals surface area contributed by atoms with E-state index in [4.69, 9.17) is 4.52 Å². The van der Waals surface area contributed by atoms with Crippen LogP contribution in [0.1, 0.15) is 37.0 Å². The Morgan fingerprint density at radius 2 is 1.91 bits per heavy atom. The van der Waals surface area contributed by atoms with Crippen LogP contribution in [-0.4, -0.2) is 25.8 Å². The highest BCUT2D eigenvalue weighted by Crippen LogP contribution is 2.24. The first-order valence-electron chi connectivity index (χ1n) is 10.6. The monoisotopic (exact) mass is 433 g/mol. The predicted octanol–water partition coefficient (Wildman–Crippen LogP) is 4.26. The van der Waals surface area contributed by atoms with Gasteiger partial charge < -0.3 is 9.84 Å². The van der Waals surface area contributed by atoms with Gasteiger partial charge in [0.15, 0.2) is 5.82 Å². The summed E-state index contributed by atoms with van der Waals surface area (Å²) in [5.74, 6) is 0.849. The van der Waals surface area contributed by atoms with E-state index in [-0.39, 0.29) is 11.7 Å². The van der Waals surface area contributed by atoms with E-state index in [9.17, 15) is 9.18 Å². The first kappa shape index (κ1) is 21.4. The number of aryl methyl sites for hydroxylation is 2. The van der Waals surface area contributed by atoms with E-state index in [1.807, 2.05) is 43.5 Å². The molecule has 0 unspecified atom stereocenters. The first-order chi connectivity index (χ1) is 15.6. The fourth-order valence-electron chi connectivity index (χ4n) is 3.32. The van der Waals surface area contributed by atoms with E-state index >= 15 is 0 Å². The van der Waals surface area contributed by atoms with Gasteiger partial charge >= 0.3 is 0 Å². The standard InChI is InChI=1S/C24H24FN5O2/c1-2-21-27-23(32-29-21)10-6-9-22(31)26-15-18-16-30(20-7-4-3-5-8-20)28-24(18)17-11-13-19(25)14-12-17/h3-5,7-8,11-14,16H,2,6,9-10,15H2,1H3,(H,26,31). The van der Waals surface area contributed by atoms with Crippen LogP contribution >= 0.6 is 0 Å². The lowest BCUT2D eigenvalue weighted by atomic mass is 10.1. The Kier molecular flexibility index (Phi) is 6.69. The zero-order valence-electron chi connectivity index (χ0n) is 17.8. The average Bonchev–Trinajstić information content (AvgIpc) is 3.46. The summed E-state index contributed by atoms with van der Waals surface area (Å²) in [7, 11) is 0. The molecule has 2 aromatic heterocycles. The number of hydrogen-bond acceptors (Lipinski definition) is 5. The number of carbonyl (C=O) groups is 1. The lowest BCUT2D eigenvalue weighted by molar-refractivity contribution is -0.121.